The van der Waals surface area contributed by atoms with Crippen molar-refractivity contribution in [2.24, 2.45) is 5.73 Å². The van der Waals surface area contributed by atoms with E-state index in [-0.39, 0.29) is 0 Å². The lowest BCUT2D eigenvalue weighted by Gasteiger charge is -2.14. The van der Waals surface area contributed by atoms with Gasteiger partial charge < -0.3 is 10.5 Å². The fourth-order valence-corrected chi connectivity index (χ4v) is 1.85. The van der Waals surface area contributed by atoms with Crippen LogP contribution in [0.1, 0.15) is 23.7 Å². The Bertz CT molecular complexity index is 568. The highest BCUT2D eigenvalue weighted by atomic mass is 16.6. The van der Waals surface area contributed by atoms with Crippen molar-refractivity contribution in [3.8, 4) is 0 Å². The first-order valence-corrected chi connectivity index (χ1v) is 6.33. The predicted molar refractivity (Wildman–Crippen MR) is 77.7 cm³/mol. The van der Waals surface area contributed by atoms with E-state index in [1.165, 1.54) is 0 Å². The average molecular weight is 268 g/mol. The van der Waals surface area contributed by atoms with Crippen LogP contribution in [0.25, 0.3) is 6.08 Å². The van der Waals surface area contributed by atoms with Gasteiger partial charge in [0.15, 0.2) is 0 Å². The van der Waals surface area contributed by atoms with E-state index in [0.29, 0.717) is 6.42 Å². The first-order valence-electron chi connectivity index (χ1n) is 6.33. The molecule has 4 nitrogen and oxygen atoms in total. The normalized spacial score (nSPS) is 12.2. The number of nitrogens with zero attached hydrogens (tertiary/aromatic N) is 1. The van der Waals surface area contributed by atoms with Gasteiger partial charge >= 0.3 is 6.09 Å². The van der Waals surface area contributed by atoms with E-state index >= 15 is 0 Å². The first kappa shape index (κ1) is 13.8. The van der Waals surface area contributed by atoms with Crippen molar-refractivity contribution in [2.45, 2.75) is 12.5 Å². The Morgan fingerprint density at radius 1 is 1.25 bits per heavy atom. The average Bonchev–Trinajstić information content (AvgIpc) is 2.48. The molecule has 0 aliphatic carbocycles. The fourth-order valence-electron chi connectivity index (χ4n) is 1.85. The van der Waals surface area contributed by atoms with E-state index in [0.717, 1.165) is 11.1 Å². The summed E-state index contributed by atoms with van der Waals surface area (Å²) in [4.78, 5) is 15.0. The van der Waals surface area contributed by atoms with Crippen LogP contribution in [0.15, 0.2) is 60.9 Å². The third kappa shape index (κ3) is 4.24. The summed E-state index contributed by atoms with van der Waals surface area (Å²) in [6.07, 6.45) is 6.62. The zero-order valence-corrected chi connectivity index (χ0v) is 11.0. The molecule has 0 aliphatic heterocycles. The molecule has 1 heterocycles. The number of primary amides is 1. The van der Waals surface area contributed by atoms with Crippen molar-refractivity contribution < 1.29 is 9.53 Å². The molecule has 1 aromatic heterocycles. The van der Waals surface area contributed by atoms with Crippen molar-refractivity contribution in [3.63, 3.8) is 0 Å². The third-order valence-electron chi connectivity index (χ3n) is 2.77. The summed E-state index contributed by atoms with van der Waals surface area (Å²) in [5.74, 6) is 0. The first-order chi connectivity index (χ1) is 9.75. The number of hydrogen-bond acceptors (Lipinski definition) is 3. The molecule has 2 aromatic rings. The Hall–Kier alpha value is -2.62. The van der Waals surface area contributed by atoms with Crippen LogP contribution in [0.2, 0.25) is 0 Å². The second kappa shape index (κ2) is 7.09. The van der Waals surface area contributed by atoms with Crippen LogP contribution in [0.4, 0.5) is 4.79 Å². The number of carbonyl (C=O) groups excluding carboxylic acids is 1. The van der Waals surface area contributed by atoms with Gasteiger partial charge in [-0.2, -0.15) is 0 Å². The largest absolute Gasteiger partial charge is 0.441 e. The van der Waals surface area contributed by atoms with Crippen LogP contribution in [-0.2, 0) is 4.74 Å². The van der Waals surface area contributed by atoms with E-state index in [1.807, 2.05) is 48.6 Å². The lowest BCUT2D eigenvalue weighted by molar-refractivity contribution is 0.108. The molecule has 1 unspecified atom stereocenters. The monoisotopic (exact) mass is 268 g/mol. The van der Waals surface area contributed by atoms with Gasteiger partial charge in [0.25, 0.3) is 0 Å². The molecule has 0 fully saturated rings. The maximum atomic E-state index is 11.0. The summed E-state index contributed by atoms with van der Waals surface area (Å²) in [5, 5.41) is 0. The Kier molecular flexibility index (Phi) is 4.89. The van der Waals surface area contributed by atoms with Gasteiger partial charge in [0, 0.05) is 24.4 Å². The lowest BCUT2D eigenvalue weighted by Crippen LogP contribution is -2.17. The number of benzene rings is 1. The second-order valence-electron chi connectivity index (χ2n) is 4.26. The molecule has 1 atom stereocenters. The maximum Gasteiger partial charge on any atom is 0.405 e. The Morgan fingerprint density at radius 2 is 2.05 bits per heavy atom. The van der Waals surface area contributed by atoms with Gasteiger partial charge in [0.1, 0.15) is 6.10 Å². The van der Waals surface area contributed by atoms with Gasteiger partial charge in [0.2, 0.25) is 0 Å². The SMILES string of the molecule is NC(=O)OC(CC=Cc1ccccc1)c1cccnc1. The Labute approximate surface area is 117 Å². The van der Waals surface area contributed by atoms with Crippen molar-refractivity contribution in [1.29, 1.82) is 0 Å². The Balaban J connectivity index is 2.05. The smallest absolute Gasteiger partial charge is 0.405 e. The van der Waals surface area contributed by atoms with Gasteiger partial charge in [-0.15, -0.1) is 0 Å². The van der Waals surface area contributed by atoms with Gasteiger partial charge in [-0.05, 0) is 11.6 Å². The highest BCUT2D eigenvalue weighted by Crippen LogP contribution is 2.21. The quantitative estimate of drug-likeness (QED) is 0.904. The van der Waals surface area contributed by atoms with Crippen LogP contribution in [0, 0.1) is 0 Å². The summed E-state index contributed by atoms with van der Waals surface area (Å²) in [5.41, 5.74) is 7.03. The summed E-state index contributed by atoms with van der Waals surface area (Å²) in [6.45, 7) is 0. The summed E-state index contributed by atoms with van der Waals surface area (Å²) >= 11 is 0. The van der Waals surface area contributed by atoms with Crippen molar-refractivity contribution in [2.75, 3.05) is 0 Å². The molecule has 20 heavy (non-hydrogen) atoms. The molecule has 0 saturated heterocycles. The third-order valence-corrected chi connectivity index (χ3v) is 2.77. The highest BCUT2D eigenvalue weighted by molar-refractivity contribution is 5.65. The number of hydrogen-bond donors (Lipinski definition) is 1. The Morgan fingerprint density at radius 3 is 2.70 bits per heavy atom. The lowest BCUT2D eigenvalue weighted by atomic mass is 10.1. The second-order valence-corrected chi connectivity index (χ2v) is 4.26. The number of carbonyl (C=O) groups is 1. The van der Waals surface area contributed by atoms with E-state index in [1.54, 1.807) is 18.5 Å². The molecule has 0 aliphatic rings. The molecular formula is C16H16N2O2. The number of pyridine rings is 1. The van der Waals surface area contributed by atoms with Gasteiger partial charge in [-0.3, -0.25) is 4.98 Å². The molecule has 0 radical (unpaired) electrons. The van der Waals surface area contributed by atoms with E-state index in [4.69, 9.17) is 10.5 Å². The molecule has 1 amide bonds. The molecule has 0 spiro atoms. The summed E-state index contributed by atoms with van der Waals surface area (Å²) in [7, 11) is 0. The molecule has 4 heteroatoms. The van der Waals surface area contributed by atoms with Crippen LogP contribution in [0.5, 0.6) is 0 Å². The zero-order valence-electron chi connectivity index (χ0n) is 11.0. The number of amides is 1. The molecule has 2 N–H and O–H groups in total. The minimum absolute atomic E-state index is 0.416. The van der Waals surface area contributed by atoms with Crippen LogP contribution < -0.4 is 5.73 Å². The number of ether oxygens (including phenoxy) is 1. The predicted octanol–water partition coefficient (Wildman–Crippen LogP) is 3.32. The number of nitrogens with two attached hydrogens (primary N) is 1. The summed E-state index contributed by atoms with van der Waals surface area (Å²) < 4.78 is 5.12. The van der Waals surface area contributed by atoms with Crippen LogP contribution in [0.3, 0.4) is 0 Å². The molecule has 1 aromatic carbocycles. The zero-order chi connectivity index (χ0) is 14.2. The standard InChI is InChI=1S/C16H16N2O2/c17-16(19)20-15(14-9-5-11-18-12-14)10-4-8-13-6-2-1-3-7-13/h1-9,11-12,15H,10H2,(H2,17,19). The molecular weight excluding hydrogens is 252 g/mol. The van der Waals surface area contributed by atoms with Crippen molar-refractivity contribution in [1.82, 2.24) is 4.98 Å². The minimum atomic E-state index is -0.785. The van der Waals surface area contributed by atoms with Gasteiger partial charge in [-0.1, -0.05) is 48.6 Å². The topological polar surface area (TPSA) is 65.2 Å². The fraction of sp³-hybridized carbons (Fsp3) is 0.125. The minimum Gasteiger partial charge on any atom is -0.441 e. The molecule has 0 saturated carbocycles. The van der Waals surface area contributed by atoms with E-state index < -0.39 is 12.2 Å². The van der Waals surface area contributed by atoms with Crippen molar-refractivity contribution >= 4 is 12.2 Å². The summed E-state index contributed by atoms with van der Waals surface area (Å²) in [6, 6.07) is 13.6. The van der Waals surface area contributed by atoms with E-state index in [2.05, 4.69) is 4.98 Å². The maximum absolute atomic E-state index is 11.0. The van der Waals surface area contributed by atoms with Gasteiger partial charge in [0.05, 0.1) is 0 Å². The van der Waals surface area contributed by atoms with Crippen LogP contribution in [-0.4, -0.2) is 11.1 Å². The van der Waals surface area contributed by atoms with Crippen LogP contribution >= 0.6 is 0 Å². The van der Waals surface area contributed by atoms with E-state index in [9.17, 15) is 4.79 Å². The molecule has 2 rings (SSSR count). The molecule has 102 valence electrons. The van der Waals surface area contributed by atoms with Gasteiger partial charge in [-0.25, -0.2) is 4.79 Å². The number of rotatable bonds is 5. The number of aromatic nitrogens is 1. The highest BCUT2D eigenvalue weighted by Gasteiger charge is 2.13. The molecule has 0 bridgehead atoms. The van der Waals surface area contributed by atoms with Crippen molar-refractivity contribution in [3.05, 3.63) is 72.1 Å².